The second-order valence-corrected chi connectivity index (χ2v) is 26.9. The van der Waals surface area contributed by atoms with Gasteiger partial charge in [0.1, 0.15) is 22.5 Å². The van der Waals surface area contributed by atoms with Crippen molar-refractivity contribution in [1.82, 2.24) is 4.91 Å². The molecule has 70 heavy (non-hydrogen) atoms. The van der Waals surface area contributed by atoms with Gasteiger partial charge in [-0.2, -0.15) is 0 Å². The van der Waals surface area contributed by atoms with E-state index >= 15 is 0 Å². The molecule has 3 rings (SSSR count). The molecule has 1 saturated carbocycles. The highest BCUT2D eigenvalue weighted by Crippen LogP contribution is 2.47. The van der Waals surface area contributed by atoms with Crippen LogP contribution in [0.25, 0.3) is 0 Å². The quantitative estimate of drug-likeness (QED) is 0.00798. The van der Waals surface area contributed by atoms with E-state index in [9.17, 15) is 33.2 Å². The van der Waals surface area contributed by atoms with Crippen LogP contribution in [0.3, 0.4) is 0 Å². The first-order valence-corrected chi connectivity index (χ1v) is 27.8. The maximum Gasteiger partial charge on any atom is 0.514 e. The van der Waals surface area contributed by atoms with E-state index in [-0.39, 0.29) is 70.8 Å². The number of aliphatic carboxylic acids is 1. The molecule has 0 aromatic heterocycles. The fourth-order valence-electron chi connectivity index (χ4n) is 8.93. The normalized spacial score (nSPS) is 17.1. The van der Waals surface area contributed by atoms with Crippen LogP contribution in [0.1, 0.15) is 133 Å². The Labute approximate surface area is 415 Å². The summed E-state index contributed by atoms with van der Waals surface area (Å²) in [7, 11) is -5.72. The number of sulfone groups is 1. The topological polar surface area (TPSA) is 235 Å². The summed E-state index contributed by atoms with van der Waals surface area (Å²) in [5, 5.41) is 28.9. The summed E-state index contributed by atoms with van der Waals surface area (Å²) in [5.41, 5.74) is -0.609. The molecule has 3 unspecified atom stereocenters. The molecule has 0 spiro atoms. The second kappa shape index (κ2) is 25.9. The van der Waals surface area contributed by atoms with Crippen molar-refractivity contribution in [2.75, 3.05) is 26.9 Å². The number of allylic oxidation sites excluding steroid dienone is 2. The number of methoxy groups -OCH3 is 1. The van der Waals surface area contributed by atoms with Gasteiger partial charge in [0, 0.05) is 18.8 Å². The van der Waals surface area contributed by atoms with Gasteiger partial charge >= 0.3 is 23.7 Å². The molecule has 1 fully saturated rings. The van der Waals surface area contributed by atoms with Gasteiger partial charge in [-0.3, -0.25) is 14.9 Å². The van der Waals surface area contributed by atoms with E-state index in [1.165, 1.54) is 25.3 Å². The molecule has 1 aliphatic rings. The molecule has 0 heterocycles. The van der Waals surface area contributed by atoms with Gasteiger partial charge in [0.25, 0.3) is 0 Å². The van der Waals surface area contributed by atoms with Crippen LogP contribution in [0.4, 0.5) is 10.5 Å². The fraction of sp³-hybridized carbons (Fsp3) is 0.640. The Morgan fingerprint density at radius 2 is 1.56 bits per heavy atom. The predicted octanol–water partition coefficient (Wildman–Crippen LogP) is 11.8. The van der Waals surface area contributed by atoms with Crippen LogP contribution in [0.2, 0.25) is 16.6 Å². The molecule has 5 atom stereocenters. The lowest BCUT2D eigenvalue weighted by Crippen LogP contribution is -2.51. The molecule has 18 nitrogen and oxygen atoms in total. The van der Waals surface area contributed by atoms with Crippen LogP contribution in [0.15, 0.2) is 81.1 Å². The van der Waals surface area contributed by atoms with E-state index in [2.05, 4.69) is 63.6 Å². The minimum absolute atomic E-state index is 0.0219. The van der Waals surface area contributed by atoms with Crippen molar-refractivity contribution in [1.29, 1.82) is 0 Å². The predicted molar refractivity (Wildman–Crippen MR) is 268 cm³/mol. The summed E-state index contributed by atoms with van der Waals surface area (Å²) in [5.74, 6) is -3.91. The highest BCUT2D eigenvalue weighted by atomic mass is 32.2. The van der Waals surface area contributed by atoms with Crippen molar-refractivity contribution in [3.8, 4) is 11.5 Å². The zero-order chi connectivity index (χ0) is 52.8. The molecule has 1 N–H and O–H groups in total. The van der Waals surface area contributed by atoms with Crippen molar-refractivity contribution >= 4 is 36.0 Å². The van der Waals surface area contributed by atoms with Gasteiger partial charge in [0.15, 0.2) is 20.7 Å². The molecule has 1 aliphatic carbocycles. The molecule has 0 saturated heterocycles. The number of ether oxygens (including phenoxy) is 6. The summed E-state index contributed by atoms with van der Waals surface area (Å²) in [6.45, 7) is 27.8. The number of rotatable bonds is 28. The summed E-state index contributed by atoms with van der Waals surface area (Å²) in [4.78, 5) is 40.5. The average molecular weight is 1020 g/mol. The number of hydrogen-bond acceptors (Lipinski definition) is 15. The zero-order valence-electron chi connectivity index (χ0n) is 43.7. The Morgan fingerprint density at radius 3 is 2.04 bits per heavy atom. The van der Waals surface area contributed by atoms with Crippen molar-refractivity contribution < 1.29 is 60.9 Å². The second-order valence-electron chi connectivity index (χ2n) is 19.3. The third kappa shape index (κ3) is 15.3. The molecule has 20 heteroatoms. The fourth-order valence-corrected chi connectivity index (χ4v) is 16.3. The van der Waals surface area contributed by atoms with Crippen LogP contribution in [-0.2, 0) is 38.0 Å². The lowest BCUT2D eigenvalue weighted by Gasteiger charge is -2.46. The summed E-state index contributed by atoms with van der Waals surface area (Å²) in [6, 6.07) is 9.63. The first-order valence-electron chi connectivity index (χ1n) is 24.1. The van der Waals surface area contributed by atoms with Crippen LogP contribution in [0, 0.1) is 22.0 Å². The monoisotopic (exact) mass is 1020 g/mol. The summed E-state index contributed by atoms with van der Waals surface area (Å²) in [6.07, 6.45) is 2.94. The number of hydrogen-bond donors (Lipinski definition) is 1. The lowest BCUT2D eigenvalue weighted by atomic mass is 9.92. The lowest BCUT2D eigenvalue weighted by molar-refractivity contribution is -0.385. The Morgan fingerprint density at radius 1 is 0.957 bits per heavy atom. The highest BCUT2D eigenvalue weighted by Gasteiger charge is 2.50. The first-order chi connectivity index (χ1) is 32.8. The van der Waals surface area contributed by atoms with Gasteiger partial charge in [0.2, 0.25) is 19.0 Å². The summed E-state index contributed by atoms with van der Waals surface area (Å²) < 4.78 is 72.2. The van der Waals surface area contributed by atoms with Gasteiger partial charge in [-0.15, -0.1) is 0 Å². The number of nitro groups is 1. The number of carbonyl (C=O) groups is 2. The van der Waals surface area contributed by atoms with Gasteiger partial charge in [-0.25, -0.2) is 13.2 Å². The van der Waals surface area contributed by atoms with Crippen molar-refractivity contribution in [3.05, 3.63) is 81.6 Å². The zero-order valence-corrected chi connectivity index (χ0v) is 45.5. The van der Waals surface area contributed by atoms with Crippen molar-refractivity contribution in [3.63, 3.8) is 0 Å². The summed E-state index contributed by atoms with van der Waals surface area (Å²) >= 11 is 0. The number of benzene rings is 2. The van der Waals surface area contributed by atoms with E-state index < -0.39 is 81.5 Å². The average Bonchev–Trinajstić information content (AvgIpc) is 4.06. The van der Waals surface area contributed by atoms with Gasteiger partial charge < -0.3 is 38.0 Å². The van der Waals surface area contributed by atoms with Crippen LogP contribution < -0.4 is 14.4 Å². The standard InChI is InChI=1S/C50H76N4O14SSi/c1-16-63-44(50(64-17-2,65-18-3)52-53-51-41-31-39(41)47(55)56)26-22-23-35(10)45(68-70(32(4)5,33(6)7)34(8)9)36(11)27-28-43(69(60,61)38-24-20-19-21-25-38)40-29-37(62-15)30-42(54(58)59)46(40)66-48(57)67-49(12,13)14/h19-21,24-27,29-30,32-35,39,41,43,45H,16-18,22-23,28,31H2,1-15H3/p+1/b36-27?,44-26+/t35-,39?,41?,43?,45+/m0/s1. The van der Waals surface area contributed by atoms with Crippen molar-refractivity contribution in [2.24, 2.45) is 22.1 Å². The van der Waals surface area contributed by atoms with Crippen LogP contribution in [0.5, 0.6) is 11.5 Å². The Kier molecular flexibility index (Phi) is 22.0. The largest absolute Gasteiger partial charge is 0.514 e. The number of nitrogens with zero attached hydrogens (tertiary/aromatic N) is 4. The van der Waals surface area contributed by atoms with E-state index in [0.29, 0.717) is 19.3 Å². The number of carboxylic acid groups (broad SMARTS) is 1. The molecule has 0 radical (unpaired) electrons. The number of nitro benzene ring substituents is 1. The van der Waals surface area contributed by atoms with Gasteiger partial charge in [-0.1, -0.05) is 72.7 Å². The smallest absolute Gasteiger partial charge is 0.496 e. The van der Waals surface area contributed by atoms with E-state index in [1.807, 2.05) is 19.9 Å². The molecule has 0 bridgehead atoms. The third-order valence-corrected chi connectivity index (χ3v) is 20.4. The van der Waals surface area contributed by atoms with Gasteiger partial charge in [0.05, 0.1) is 46.9 Å². The number of carbonyl (C=O) groups excluding carboxylic acids is 1. The molecule has 0 amide bonds. The molecule has 2 aromatic rings. The maximum atomic E-state index is 15.0. The Bertz CT molecular complexity index is 2300. The third-order valence-electron chi connectivity index (χ3n) is 12.2. The molecule has 390 valence electrons. The van der Waals surface area contributed by atoms with Gasteiger partial charge in [-0.05, 0) is 127 Å². The number of carboxylic acids is 1. The molecule has 2 aromatic carbocycles. The van der Waals surface area contributed by atoms with Crippen molar-refractivity contribution in [2.45, 2.75) is 173 Å². The Balaban J connectivity index is 2.28. The molecule has 0 aliphatic heterocycles. The van der Waals surface area contributed by atoms with E-state index in [0.717, 1.165) is 11.6 Å². The van der Waals surface area contributed by atoms with Crippen LogP contribution in [-0.4, -0.2) is 89.5 Å². The van der Waals surface area contributed by atoms with E-state index in [1.54, 1.807) is 58.9 Å². The minimum Gasteiger partial charge on any atom is -0.496 e. The van der Waals surface area contributed by atoms with E-state index in [4.69, 9.17) is 32.8 Å². The molecular weight excluding hydrogens is 941 g/mol. The van der Waals surface area contributed by atoms with Crippen LogP contribution >= 0.6 is 0 Å². The maximum absolute atomic E-state index is 15.0. The highest BCUT2D eigenvalue weighted by molar-refractivity contribution is 7.91. The Hall–Kier alpha value is -4.98. The SMILES string of the molecule is CCO/C(=C/CC[C@H](C)[C@@H](O[Si](C(C)C)(C(C)C)C(C)C)C(C)=CCC(c1cc(OC)cc([N+](=O)[O-])c1OC(=O)OC(C)(C)C)S(=O)(=O)c1ccccc1)C(N=[N+]=NC1CC1C(=O)O)(OCC)OCC. The minimum atomic E-state index is -4.38. The first kappa shape index (κ1) is 59.3. The molecular formula is C50H77N4O14SSi+.